The number of anilines is 1. The van der Waals surface area contributed by atoms with Crippen molar-refractivity contribution in [3.63, 3.8) is 0 Å². The van der Waals surface area contributed by atoms with Crippen LogP contribution in [0.2, 0.25) is 0 Å². The highest BCUT2D eigenvalue weighted by Gasteiger charge is 2.08. The normalized spacial score (nSPS) is 10.4. The second-order valence-electron chi connectivity index (χ2n) is 4.53. The summed E-state index contributed by atoms with van der Waals surface area (Å²) >= 11 is 1.09. The highest BCUT2D eigenvalue weighted by atomic mass is 32.1. The number of thiophene rings is 1. The molecule has 0 atom stereocenters. The summed E-state index contributed by atoms with van der Waals surface area (Å²) in [5.74, 6) is -0.990. The third-order valence-corrected chi connectivity index (χ3v) is 3.83. The number of nitrogens with one attached hydrogen (secondary N) is 1. The molecule has 2 N–H and O–H groups in total. The zero-order valence-corrected chi connectivity index (χ0v) is 12.1. The summed E-state index contributed by atoms with van der Waals surface area (Å²) < 4.78 is 0. The quantitative estimate of drug-likeness (QED) is 0.669. The Labute approximate surface area is 117 Å². The Hall–Kier alpha value is -1.36. The van der Waals surface area contributed by atoms with Crippen molar-refractivity contribution in [2.24, 2.45) is 0 Å². The summed E-state index contributed by atoms with van der Waals surface area (Å²) in [5, 5.41) is 12.1. The molecular formula is C14H21NO3S. The average molecular weight is 283 g/mol. The van der Waals surface area contributed by atoms with E-state index in [0.717, 1.165) is 24.2 Å². The fraction of sp³-hybridized carbons (Fsp3) is 0.571. The zero-order chi connectivity index (χ0) is 14.1. The average Bonchev–Trinajstić information content (AvgIpc) is 2.82. The lowest BCUT2D eigenvalue weighted by atomic mass is 10.1. The van der Waals surface area contributed by atoms with Crippen LogP contribution in [0.1, 0.15) is 61.5 Å². The number of carbonyl (C=O) groups is 2. The number of carbonyl (C=O) groups excluding carboxylic acids is 1. The van der Waals surface area contributed by atoms with Crippen LogP contribution in [0.25, 0.3) is 0 Å². The van der Waals surface area contributed by atoms with Crippen LogP contribution in [-0.4, -0.2) is 17.0 Å². The van der Waals surface area contributed by atoms with E-state index in [0.29, 0.717) is 11.4 Å². The van der Waals surface area contributed by atoms with Crippen molar-refractivity contribution >= 4 is 28.2 Å². The monoisotopic (exact) mass is 283 g/mol. The third kappa shape index (κ3) is 6.38. The molecule has 1 heterocycles. The molecule has 0 aliphatic heterocycles. The number of unbranched alkanes of at least 4 members (excludes halogenated alkanes) is 5. The molecule has 0 aliphatic rings. The maximum Gasteiger partial charge on any atom is 0.345 e. The molecule has 0 saturated carbocycles. The van der Waals surface area contributed by atoms with Gasteiger partial charge in [0.15, 0.2) is 0 Å². The van der Waals surface area contributed by atoms with Crippen molar-refractivity contribution in [3.05, 3.63) is 17.0 Å². The molecule has 106 valence electrons. The molecule has 0 radical (unpaired) electrons. The van der Waals surface area contributed by atoms with Crippen LogP contribution in [-0.2, 0) is 4.79 Å². The topological polar surface area (TPSA) is 66.4 Å². The lowest BCUT2D eigenvalue weighted by Crippen LogP contribution is -2.09. The summed E-state index contributed by atoms with van der Waals surface area (Å²) in [4.78, 5) is 22.6. The summed E-state index contributed by atoms with van der Waals surface area (Å²) in [7, 11) is 0. The zero-order valence-electron chi connectivity index (χ0n) is 11.3. The number of carboxylic acids is 1. The van der Waals surface area contributed by atoms with Gasteiger partial charge in [0, 0.05) is 6.42 Å². The lowest BCUT2D eigenvalue weighted by molar-refractivity contribution is -0.116. The molecule has 0 aliphatic carbocycles. The number of hydrogen-bond acceptors (Lipinski definition) is 3. The highest BCUT2D eigenvalue weighted by Crippen LogP contribution is 2.22. The smallest absolute Gasteiger partial charge is 0.345 e. The molecule has 0 fully saturated rings. The predicted octanol–water partition coefficient (Wildman–Crippen LogP) is 4.14. The van der Waals surface area contributed by atoms with E-state index in [-0.39, 0.29) is 10.8 Å². The Bertz CT molecular complexity index is 415. The van der Waals surface area contributed by atoms with E-state index in [1.807, 2.05) is 0 Å². The molecule has 19 heavy (non-hydrogen) atoms. The van der Waals surface area contributed by atoms with Gasteiger partial charge in [-0.1, -0.05) is 39.0 Å². The molecule has 5 heteroatoms. The minimum atomic E-state index is -0.957. The summed E-state index contributed by atoms with van der Waals surface area (Å²) in [6.45, 7) is 2.18. The molecule has 1 aromatic heterocycles. The molecule has 0 bridgehead atoms. The molecule has 1 aromatic rings. The van der Waals surface area contributed by atoms with Crippen LogP contribution in [0.5, 0.6) is 0 Å². The largest absolute Gasteiger partial charge is 0.477 e. The van der Waals surface area contributed by atoms with E-state index in [9.17, 15) is 9.59 Å². The second-order valence-corrected chi connectivity index (χ2v) is 5.62. The van der Waals surface area contributed by atoms with Crippen molar-refractivity contribution in [2.45, 2.75) is 51.9 Å². The van der Waals surface area contributed by atoms with Crippen molar-refractivity contribution in [2.75, 3.05) is 5.32 Å². The fourth-order valence-electron chi connectivity index (χ4n) is 1.79. The minimum absolute atomic E-state index is 0.0331. The molecule has 4 nitrogen and oxygen atoms in total. The summed E-state index contributed by atoms with van der Waals surface area (Å²) in [6.07, 6.45) is 7.40. The Morgan fingerprint density at radius 3 is 2.47 bits per heavy atom. The van der Waals surface area contributed by atoms with Gasteiger partial charge < -0.3 is 10.4 Å². The van der Waals surface area contributed by atoms with Gasteiger partial charge in [-0.25, -0.2) is 4.79 Å². The lowest BCUT2D eigenvalue weighted by Gasteiger charge is -2.02. The third-order valence-electron chi connectivity index (χ3n) is 2.84. The maximum atomic E-state index is 11.6. The van der Waals surface area contributed by atoms with Gasteiger partial charge in [-0.3, -0.25) is 4.79 Å². The van der Waals surface area contributed by atoms with E-state index in [1.54, 1.807) is 6.07 Å². The molecule has 0 saturated heterocycles. The number of hydrogen-bond donors (Lipinski definition) is 2. The molecule has 0 unspecified atom stereocenters. The fourth-order valence-corrected chi connectivity index (χ4v) is 2.55. The van der Waals surface area contributed by atoms with Gasteiger partial charge in [-0.2, -0.15) is 0 Å². The number of amides is 1. The Balaban J connectivity index is 2.18. The first kappa shape index (κ1) is 15.7. The summed E-state index contributed by atoms with van der Waals surface area (Å²) in [6, 6.07) is 3.14. The minimum Gasteiger partial charge on any atom is -0.477 e. The Morgan fingerprint density at radius 1 is 1.16 bits per heavy atom. The van der Waals surface area contributed by atoms with Crippen molar-refractivity contribution in [3.8, 4) is 0 Å². The number of carboxylic acid groups (broad SMARTS) is 1. The Kier molecular flexibility index (Phi) is 7.18. The second kappa shape index (κ2) is 8.69. The predicted molar refractivity (Wildman–Crippen MR) is 77.9 cm³/mol. The van der Waals surface area contributed by atoms with Crippen LogP contribution in [0.15, 0.2) is 12.1 Å². The SMILES string of the molecule is CCCCCCCCC(=O)Nc1ccc(C(=O)O)s1. The summed E-state index contributed by atoms with van der Waals surface area (Å²) in [5.41, 5.74) is 0. The Morgan fingerprint density at radius 2 is 1.84 bits per heavy atom. The van der Waals surface area contributed by atoms with E-state index in [1.165, 1.54) is 31.7 Å². The van der Waals surface area contributed by atoms with Crippen LogP contribution in [0.3, 0.4) is 0 Å². The van der Waals surface area contributed by atoms with Crippen LogP contribution in [0, 0.1) is 0 Å². The van der Waals surface area contributed by atoms with Crippen molar-refractivity contribution < 1.29 is 14.7 Å². The number of rotatable bonds is 9. The molecule has 0 aromatic carbocycles. The first-order chi connectivity index (χ1) is 9.13. The van der Waals surface area contributed by atoms with E-state index < -0.39 is 5.97 Å². The van der Waals surface area contributed by atoms with Gasteiger partial charge >= 0.3 is 5.97 Å². The first-order valence-electron chi connectivity index (χ1n) is 6.76. The van der Waals surface area contributed by atoms with Crippen LogP contribution < -0.4 is 5.32 Å². The van der Waals surface area contributed by atoms with Crippen molar-refractivity contribution in [1.29, 1.82) is 0 Å². The van der Waals surface area contributed by atoms with Gasteiger partial charge in [0.05, 0.1) is 5.00 Å². The van der Waals surface area contributed by atoms with E-state index >= 15 is 0 Å². The van der Waals surface area contributed by atoms with Crippen molar-refractivity contribution in [1.82, 2.24) is 0 Å². The maximum absolute atomic E-state index is 11.6. The van der Waals surface area contributed by atoms with Gasteiger partial charge in [0.2, 0.25) is 5.91 Å². The van der Waals surface area contributed by atoms with Gasteiger partial charge in [0.25, 0.3) is 0 Å². The molecule has 0 spiro atoms. The van der Waals surface area contributed by atoms with Gasteiger partial charge in [0.1, 0.15) is 4.88 Å². The highest BCUT2D eigenvalue weighted by molar-refractivity contribution is 7.18. The van der Waals surface area contributed by atoms with Gasteiger partial charge in [-0.15, -0.1) is 11.3 Å². The standard InChI is InChI=1S/C14H21NO3S/c1-2-3-4-5-6-7-8-12(16)15-13-10-9-11(19-13)14(17)18/h9-10H,2-8H2,1H3,(H,15,16)(H,17,18). The van der Waals surface area contributed by atoms with E-state index in [4.69, 9.17) is 5.11 Å². The molecule has 1 amide bonds. The van der Waals surface area contributed by atoms with Crippen LogP contribution in [0.4, 0.5) is 5.00 Å². The first-order valence-corrected chi connectivity index (χ1v) is 7.58. The molecular weight excluding hydrogens is 262 g/mol. The van der Waals surface area contributed by atoms with Gasteiger partial charge in [-0.05, 0) is 18.6 Å². The molecule has 1 rings (SSSR count). The van der Waals surface area contributed by atoms with Crippen LogP contribution >= 0.6 is 11.3 Å². The van der Waals surface area contributed by atoms with E-state index in [2.05, 4.69) is 12.2 Å². The number of aromatic carboxylic acids is 1.